The molecule has 4 rings (SSSR count). The summed E-state index contributed by atoms with van der Waals surface area (Å²) in [5.74, 6) is -0.183. The van der Waals surface area contributed by atoms with Crippen molar-refractivity contribution in [3.63, 3.8) is 0 Å². The van der Waals surface area contributed by atoms with Crippen LogP contribution < -0.4 is 19.5 Å². The van der Waals surface area contributed by atoms with Gasteiger partial charge in [0.25, 0.3) is 15.9 Å². The molecule has 0 aromatic heterocycles. The highest BCUT2D eigenvalue weighted by Crippen LogP contribution is 2.32. The Labute approximate surface area is 197 Å². The number of amidine groups is 1. The average Bonchev–Trinajstić information content (AvgIpc) is 3.37. The summed E-state index contributed by atoms with van der Waals surface area (Å²) in [7, 11) is -3.74. The van der Waals surface area contributed by atoms with E-state index in [1.807, 2.05) is 0 Å². The lowest BCUT2D eigenvalue weighted by Gasteiger charge is -2.19. The number of nitrogens with one attached hydrogen (secondary N) is 2. The number of sulfonamides is 1. The molecule has 0 unspecified atom stereocenters. The fourth-order valence-corrected chi connectivity index (χ4v) is 4.76. The molecule has 10 nitrogen and oxygen atoms in total. The minimum absolute atomic E-state index is 0.0752. The Morgan fingerprint density at radius 1 is 1.12 bits per heavy atom. The van der Waals surface area contributed by atoms with E-state index in [0.717, 1.165) is 5.56 Å². The first-order chi connectivity index (χ1) is 16.2. The summed E-state index contributed by atoms with van der Waals surface area (Å²) in [5.41, 5.74) is 1.19. The van der Waals surface area contributed by atoms with Gasteiger partial charge in [-0.1, -0.05) is 32.0 Å². The molecular formula is C23H25N3O7S. The molecule has 0 saturated carbocycles. The number of hydrogen-bond acceptors (Lipinski definition) is 8. The number of amides is 1. The van der Waals surface area contributed by atoms with Crippen LogP contribution in [0.2, 0.25) is 0 Å². The van der Waals surface area contributed by atoms with Crippen molar-refractivity contribution in [1.29, 1.82) is 0 Å². The molecule has 2 aromatic rings. The monoisotopic (exact) mass is 487 g/mol. The van der Waals surface area contributed by atoms with Crippen LogP contribution >= 0.6 is 0 Å². The van der Waals surface area contributed by atoms with E-state index >= 15 is 0 Å². The van der Waals surface area contributed by atoms with Crippen LogP contribution in [0.1, 0.15) is 31.9 Å². The molecule has 2 aromatic carbocycles. The van der Waals surface area contributed by atoms with Crippen molar-refractivity contribution in [3.8, 4) is 11.5 Å². The third kappa shape index (κ3) is 4.84. The Bertz CT molecular complexity index is 1260. The maximum atomic E-state index is 12.8. The largest absolute Gasteiger partial charge is 0.454 e. The summed E-state index contributed by atoms with van der Waals surface area (Å²) in [6.45, 7) is 5.36. The molecule has 0 bridgehead atoms. The van der Waals surface area contributed by atoms with Gasteiger partial charge >= 0.3 is 5.97 Å². The number of aliphatic imine (C=N–C) groups is 1. The van der Waals surface area contributed by atoms with Crippen LogP contribution in [0.5, 0.6) is 11.5 Å². The van der Waals surface area contributed by atoms with Gasteiger partial charge in [-0.05, 0) is 42.7 Å². The smallest absolute Gasteiger partial charge is 0.331 e. The van der Waals surface area contributed by atoms with Gasteiger partial charge in [0.1, 0.15) is 5.84 Å². The number of esters is 1. The van der Waals surface area contributed by atoms with Gasteiger partial charge in [-0.25, -0.2) is 13.2 Å². The van der Waals surface area contributed by atoms with Crippen molar-refractivity contribution >= 4 is 27.7 Å². The second kappa shape index (κ2) is 9.34. The zero-order valence-electron chi connectivity index (χ0n) is 18.9. The fraction of sp³-hybridized carbons (Fsp3) is 0.348. The van der Waals surface area contributed by atoms with Crippen LogP contribution in [0.15, 0.2) is 52.4 Å². The van der Waals surface area contributed by atoms with Gasteiger partial charge in [0.2, 0.25) is 6.79 Å². The highest BCUT2D eigenvalue weighted by atomic mass is 32.2. The summed E-state index contributed by atoms with van der Waals surface area (Å²) in [6.07, 6.45) is -1.07. The highest BCUT2D eigenvalue weighted by molar-refractivity contribution is 7.90. The van der Waals surface area contributed by atoms with Gasteiger partial charge in [0.15, 0.2) is 23.6 Å². The Hall–Kier alpha value is -3.60. The van der Waals surface area contributed by atoms with E-state index in [2.05, 4.69) is 15.0 Å². The third-order valence-corrected chi connectivity index (χ3v) is 6.77. The van der Waals surface area contributed by atoms with E-state index in [9.17, 15) is 18.0 Å². The first-order valence-corrected chi connectivity index (χ1v) is 12.2. The third-order valence-electron chi connectivity index (χ3n) is 5.37. The topological polar surface area (TPSA) is 132 Å². The molecule has 2 aliphatic heterocycles. The molecule has 0 saturated heterocycles. The SMILES string of the molecule is CC(C)[C@@H](N=C1NS(=O)(=O)c2ccccc21)C(=O)O[C@@H](C)C(=O)NCc1ccc2c(c1)OCO2. The predicted molar refractivity (Wildman–Crippen MR) is 122 cm³/mol. The number of ether oxygens (including phenoxy) is 3. The van der Waals surface area contributed by atoms with Crippen molar-refractivity contribution in [2.24, 2.45) is 10.9 Å². The highest BCUT2D eigenvalue weighted by Gasteiger charge is 2.34. The minimum atomic E-state index is -3.74. The standard InChI is InChI=1S/C23H25N3O7S/c1-13(2)20(25-21-16-6-4-5-7-19(16)34(29,30)26-21)23(28)33-14(3)22(27)24-11-15-8-9-17-18(10-15)32-12-31-17/h4-10,13-14,20H,11-12H2,1-3H3,(H,24,27)(H,25,26)/t14-,20+/m0/s1. The first kappa shape index (κ1) is 23.6. The summed E-state index contributed by atoms with van der Waals surface area (Å²) in [6, 6.07) is 10.7. The van der Waals surface area contributed by atoms with E-state index in [0.29, 0.717) is 17.1 Å². The lowest BCUT2D eigenvalue weighted by Crippen LogP contribution is -2.39. The quantitative estimate of drug-likeness (QED) is 0.569. The van der Waals surface area contributed by atoms with Gasteiger partial charge in [0, 0.05) is 12.1 Å². The van der Waals surface area contributed by atoms with E-state index in [1.54, 1.807) is 50.2 Å². The number of fused-ring (bicyclic) bond motifs is 2. The molecular weight excluding hydrogens is 462 g/mol. The van der Waals surface area contributed by atoms with Gasteiger partial charge in [-0.3, -0.25) is 14.5 Å². The van der Waals surface area contributed by atoms with E-state index in [-0.39, 0.29) is 30.0 Å². The van der Waals surface area contributed by atoms with Crippen LogP contribution in [0.4, 0.5) is 0 Å². The maximum absolute atomic E-state index is 12.8. The van der Waals surface area contributed by atoms with E-state index < -0.39 is 34.0 Å². The number of rotatable bonds is 7. The van der Waals surface area contributed by atoms with Crippen molar-refractivity contribution < 1.29 is 32.2 Å². The Morgan fingerprint density at radius 2 is 1.85 bits per heavy atom. The lowest BCUT2D eigenvalue weighted by molar-refractivity contribution is -0.156. The summed E-state index contributed by atoms with van der Waals surface area (Å²) in [5, 5.41) is 2.72. The Morgan fingerprint density at radius 3 is 2.62 bits per heavy atom. The number of carbonyl (C=O) groups excluding carboxylic acids is 2. The van der Waals surface area contributed by atoms with Crippen LogP contribution in [0.3, 0.4) is 0 Å². The molecule has 0 radical (unpaired) electrons. The molecule has 11 heteroatoms. The van der Waals surface area contributed by atoms with Gasteiger partial charge in [-0.2, -0.15) is 0 Å². The second-order valence-corrected chi connectivity index (χ2v) is 9.90. The van der Waals surface area contributed by atoms with Crippen LogP contribution in [-0.4, -0.2) is 45.1 Å². The van der Waals surface area contributed by atoms with Crippen LogP contribution in [0.25, 0.3) is 0 Å². The van der Waals surface area contributed by atoms with Crippen LogP contribution in [-0.2, 0) is 30.9 Å². The average molecular weight is 488 g/mol. The number of carbonyl (C=O) groups is 2. The molecule has 2 N–H and O–H groups in total. The maximum Gasteiger partial charge on any atom is 0.331 e. The normalized spacial score (nSPS) is 18.2. The van der Waals surface area contributed by atoms with E-state index in [1.165, 1.54) is 13.0 Å². The lowest BCUT2D eigenvalue weighted by atomic mass is 10.0. The number of nitrogens with zero attached hydrogens (tertiary/aromatic N) is 1. The number of hydrogen-bond donors (Lipinski definition) is 2. The van der Waals surface area contributed by atoms with Gasteiger partial charge in [-0.15, -0.1) is 0 Å². The van der Waals surface area contributed by atoms with Crippen molar-refractivity contribution in [3.05, 3.63) is 53.6 Å². The van der Waals surface area contributed by atoms with Gasteiger partial charge < -0.3 is 19.5 Å². The Kier molecular flexibility index (Phi) is 6.47. The molecule has 0 fully saturated rings. The van der Waals surface area contributed by atoms with Crippen molar-refractivity contribution in [1.82, 2.24) is 10.0 Å². The summed E-state index contributed by atoms with van der Waals surface area (Å²) >= 11 is 0. The fourth-order valence-electron chi connectivity index (χ4n) is 3.52. The van der Waals surface area contributed by atoms with E-state index in [4.69, 9.17) is 14.2 Å². The van der Waals surface area contributed by atoms with Crippen molar-refractivity contribution in [2.75, 3.05) is 6.79 Å². The number of benzene rings is 2. The summed E-state index contributed by atoms with van der Waals surface area (Å²) in [4.78, 5) is 29.8. The molecule has 2 atom stereocenters. The van der Waals surface area contributed by atoms with Crippen molar-refractivity contribution in [2.45, 2.75) is 44.4 Å². The minimum Gasteiger partial charge on any atom is -0.454 e. The molecule has 0 aliphatic carbocycles. The molecule has 2 aliphatic rings. The molecule has 180 valence electrons. The Balaban J connectivity index is 1.40. The predicted octanol–water partition coefficient (Wildman–Crippen LogP) is 1.73. The van der Waals surface area contributed by atoms with Crippen LogP contribution in [0, 0.1) is 5.92 Å². The molecule has 34 heavy (non-hydrogen) atoms. The second-order valence-electron chi connectivity index (χ2n) is 8.25. The molecule has 2 heterocycles. The molecule has 0 spiro atoms. The zero-order valence-corrected chi connectivity index (χ0v) is 19.7. The van der Waals surface area contributed by atoms with Gasteiger partial charge in [0.05, 0.1) is 4.90 Å². The first-order valence-electron chi connectivity index (χ1n) is 10.7. The zero-order chi connectivity index (χ0) is 24.5. The molecule has 1 amide bonds. The summed E-state index contributed by atoms with van der Waals surface area (Å²) < 4.78 is 43.0.